The standard InChI is InChI=1S/C34H43F3/c1-3-5-7-9-24-11-13-25(14-12-24)15-16-26-17-19-27(20-18-26)30-22-21-28-23-29(10-8-6-4-2)32(35)34(37)31(28)33(30)36/h17-25H,3-16H2,1-2H3. The molecule has 0 aliphatic heterocycles. The largest absolute Gasteiger partial charge is 0.206 e. The van der Waals surface area contributed by atoms with Crippen LogP contribution in [0.15, 0.2) is 42.5 Å². The van der Waals surface area contributed by atoms with Crippen molar-refractivity contribution in [2.75, 3.05) is 0 Å². The van der Waals surface area contributed by atoms with Gasteiger partial charge in [0, 0.05) is 5.56 Å². The van der Waals surface area contributed by atoms with E-state index in [2.05, 4.69) is 26.0 Å². The zero-order chi connectivity index (χ0) is 26.2. The lowest BCUT2D eigenvalue weighted by atomic mass is 9.78. The van der Waals surface area contributed by atoms with Crippen LogP contribution in [-0.4, -0.2) is 0 Å². The topological polar surface area (TPSA) is 0 Å². The molecule has 0 spiro atoms. The maximum absolute atomic E-state index is 15.4. The van der Waals surface area contributed by atoms with E-state index < -0.39 is 17.5 Å². The van der Waals surface area contributed by atoms with Gasteiger partial charge in [0.1, 0.15) is 5.82 Å². The van der Waals surface area contributed by atoms with Crippen LogP contribution in [0.4, 0.5) is 13.2 Å². The van der Waals surface area contributed by atoms with Gasteiger partial charge in [-0.3, -0.25) is 0 Å². The summed E-state index contributed by atoms with van der Waals surface area (Å²) >= 11 is 0. The number of unbranched alkanes of at least 4 members (excludes halogenated alkanes) is 4. The van der Waals surface area contributed by atoms with Crippen LogP contribution in [0.1, 0.15) is 102 Å². The highest BCUT2D eigenvalue weighted by Crippen LogP contribution is 2.36. The molecule has 1 aliphatic rings. The lowest BCUT2D eigenvalue weighted by Gasteiger charge is -2.28. The Kier molecular flexibility index (Phi) is 10.1. The molecule has 3 aromatic rings. The van der Waals surface area contributed by atoms with Gasteiger partial charge in [-0.15, -0.1) is 0 Å². The summed E-state index contributed by atoms with van der Waals surface area (Å²) in [5.41, 5.74) is 2.60. The molecule has 0 amide bonds. The summed E-state index contributed by atoms with van der Waals surface area (Å²) < 4.78 is 45.1. The first kappa shape index (κ1) is 27.7. The van der Waals surface area contributed by atoms with E-state index in [1.165, 1.54) is 63.4 Å². The molecule has 1 fully saturated rings. The molecular weight excluding hydrogens is 465 g/mol. The van der Waals surface area contributed by atoms with Crippen molar-refractivity contribution in [3.8, 4) is 11.1 Å². The van der Waals surface area contributed by atoms with Crippen LogP contribution in [0.3, 0.4) is 0 Å². The Morgan fingerprint density at radius 3 is 1.97 bits per heavy atom. The van der Waals surface area contributed by atoms with Crippen LogP contribution in [0, 0.1) is 29.3 Å². The number of halogens is 3. The van der Waals surface area contributed by atoms with Crippen molar-refractivity contribution in [2.24, 2.45) is 11.8 Å². The van der Waals surface area contributed by atoms with Crippen LogP contribution in [0.5, 0.6) is 0 Å². The molecule has 1 saturated carbocycles. The smallest absolute Gasteiger partial charge is 0.169 e. The molecule has 1 aliphatic carbocycles. The first-order chi connectivity index (χ1) is 18.0. The predicted molar refractivity (Wildman–Crippen MR) is 150 cm³/mol. The Labute approximate surface area is 221 Å². The molecule has 37 heavy (non-hydrogen) atoms. The molecule has 0 radical (unpaired) electrons. The van der Waals surface area contributed by atoms with Gasteiger partial charge < -0.3 is 0 Å². The third-order valence-electron chi connectivity index (χ3n) is 8.54. The molecule has 200 valence electrons. The summed E-state index contributed by atoms with van der Waals surface area (Å²) in [5, 5.41) is 0.173. The lowest BCUT2D eigenvalue weighted by molar-refractivity contribution is 0.249. The fourth-order valence-electron chi connectivity index (χ4n) is 6.12. The summed E-state index contributed by atoms with van der Waals surface area (Å²) in [6, 6.07) is 13.0. The van der Waals surface area contributed by atoms with E-state index >= 15 is 4.39 Å². The quantitative estimate of drug-likeness (QED) is 0.213. The number of fused-ring (bicyclic) bond motifs is 1. The molecule has 0 N–H and O–H groups in total. The van der Waals surface area contributed by atoms with E-state index in [0.717, 1.165) is 37.5 Å². The summed E-state index contributed by atoms with van der Waals surface area (Å²) in [5.74, 6) is -0.919. The minimum Gasteiger partial charge on any atom is -0.206 e. The van der Waals surface area contributed by atoms with Gasteiger partial charge in [0.2, 0.25) is 0 Å². The van der Waals surface area contributed by atoms with E-state index in [1.807, 2.05) is 12.1 Å². The third-order valence-corrected chi connectivity index (χ3v) is 8.54. The minimum absolute atomic E-state index is 0.247. The number of aryl methyl sites for hydroxylation is 2. The highest BCUT2D eigenvalue weighted by atomic mass is 19.2. The monoisotopic (exact) mass is 508 g/mol. The fraction of sp³-hybridized carbons (Fsp3) is 0.529. The molecule has 4 rings (SSSR count). The van der Waals surface area contributed by atoms with Gasteiger partial charge in [0.25, 0.3) is 0 Å². The van der Waals surface area contributed by atoms with Gasteiger partial charge in [-0.1, -0.05) is 114 Å². The Hall–Kier alpha value is -2.29. The predicted octanol–water partition coefficient (Wildman–Crippen LogP) is 11.0. The third kappa shape index (κ3) is 6.98. The Bertz CT molecular complexity index is 1140. The van der Waals surface area contributed by atoms with Crippen molar-refractivity contribution >= 4 is 10.8 Å². The van der Waals surface area contributed by atoms with Crippen molar-refractivity contribution < 1.29 is 13.2 Å². The van der Waals surface area contributed by atoms with Gasteiger partial charge >= 0.3 is 0 Å². The van der Waals surface area contributed by atoms with E-state index in [1.54, 1.807) is 18.2 Å². The Morgan fingerprint density at radius 2 is 1.30 bits per heavy atom. The zero-order valence-corrected chi connectivity index (χ0v) is 22.7. The summed E-state index contributed by atoms with van der Waals surface area (Å²) in [7, 11) is 0. The van der Waals surface area contributed by atoms with Crippen molar-refractivity contribution in [1.82, 2.24) is 0 Å². The Balaban J connectivity index is 1.39. The minimum atomic E-state index is -1.07. The molecule has 3 aromatic carbocycles. The molecule has 3 heteroatoms. The van der Waals surface area contributed by atoms with Crippen LogP contribution in [0.2, 0.25) is 0 Å². The van der Waals surface area contributed by atoms with E-state index in [-0.39, 0.29) is 5.39 Å². The number of benzene rings is 3. The van der Waals surface area contributed by atoms with E-state index in [4.69, 9.17) is 0 Å². The Morgan fingerprint density at radius 1 is 0.649 bits per heavy atom. The SMILES string of the molecule is CCCCCc1cc2ccc(-c3ccc(CCC4CCC(CCCCC)CC4)cc3)c(F)c2c(F)c1F. The van der Waals surface area contributed by atoms with Crippen LogP contribution >= 0.6 is 0 Å². The van der Waals surface area contributed by atoms with Crippen molar-refractivity contribution in [2.45, 2.75) is 104 Å². The van der Waals surface area contributed by atoms with Gasteiger partial charge in [0.05, 0.1) is 5.39 Å². The van der Waals surface area contributed by atoms with Crippen molar-refractivity contribution in [3.05, 3.63) is 71.0 Å². The maximum Gasteiger partial charge on any atom is 0.169 e. The van der Waals surface area contributed by atoms with Crippen LogP contribution < -0.4 is 0 Å². The molecular formula is C34H43F3. The normalized spacial score (nSPS) is 18.0. The molecule has 0 aromatic heterocycles. The maximum atomic E-state index is 15.4. The van der Waals surface area contributed by atoms with Gasteiger partial charge in [-0.2, -0.15) is 0 Å². The second kappa shape index (κ2) is 13.5. The fourth-order valence-corrected chi connectivity index (χ4v) is 6.12. The highest BCUT2D eigenvalue weighted by molar-refractivity contribution is 5.89. The molecule has 0 bridgehead atoms. The molecule has 0 saturated heterocycles. The van der Waals surface area contributed by atoms with Crippen molar-refractivity contribution in [3.63, 3.8) is 0 Å². The van der Waals surface area contributed by atoms with Crippen molar-refractivity contribution in [1.29, 1.82) is 0 Å². The number of hydrogen-bond donors (Lipinski definition) is 0. The molecule has 0 nitrogen and oxygen atoms in total. The average molecular weight is 509 g/mol. The first-order valence-electron chi connectivity index (χ1n) is 14.7. The molecule has 0 atom stereocenters. The summed E-state index contributed by atoms with van der Waals surface area (Å²) in [6.07, 6.45) is 16.4. The second-order valence-corrected chi connectivity index (χ2v) is 11.3. The van der Waals surface area contributed by atoms with E-state index in [0.29, 0.717) is 28.5 Å². The van der Waals surface area contributed by atoms with Gasteiger partial charge in [-0.25, -0.2) is 13.2 Å². The highest BCUT2D eigenvalue weighted by Gasteiger charge is 2.21. The lowest BCUT2D eigenvalue weighted by Crippen LogP contribution is -2.15. The summed E-state index contributed by atoms with van der Waals surface area (Å²) in [6.45, 7) is 4.34. The first-order valence-corrected chi connectivity index (χ1v) is 14.7. The summed E-state index contributed by atoms with van der Waals surface area (Å²) in [4.78, 5) is 0. The average Bonchev–Trinajstić information content (AvgIpc) is 2.91. The number of rotatable bonds is 12. The second-order valence-electron chi connectivity index (χ2n) is 11.3. The van der Waals surface area contributed by atoms with Gasteiger partial charge in [0.15, 0.2) is 11.6 Å². The van der Waals surface area contributed by atoms with Crippen LogP contribution in [-0.2, 0) is 12.8 Å². The zero-order valence-electron chi connectivity index (χ0n) is 22.7. The molecule has 0 heterocycles. The number of hydrogen-bond acceptors (Lipinski definition) is 0. The molecule has 0 unspecified atom stereocenters. The van der Waals surface area contributed by atoms with E-state index in [9.17, 15) is 8.78 Å². The van der Waals surface area contributed by atoms with Crippen LogP contribution in [0.25, 0.3) is 21.9 Å². The van der Waals surface area contributed by atoms with Gasteiger partial charge in [-0.05, 0) is 65.7 Å².